The number of aryl methyl sites for hydroxylation is 1. The predicted octanol–water partition coefficient (Wildman–Crippen LogP) is 1.84. The number of halogens is 1. The first-order chi connectivity index (χ1) is 10.8. The second kappa shape index (κ2) is 14.5. The van der Waals surface area contributed by atoms with E-state index in [1.165, 1.54) is 0 Å². The van der Waals surface area contributed by atoms with Crippen molar-refractivity contribution in [2.75, 3.05) is 33.4 Å². The van der Waals surface area contributed by atoms with Gasteiger partial charge >= 0.3 is 0 Å². The molecule has 0 fully saturated rings. The zero-order valence-corrected chi connectivity index (χ0v) is 16.4. The van der Waals surface area contributed by atoms with Gasteiger partial charge in [-0.05, 0) is 32.3 Å². The second-order valence-electron chi connectivity index (χ2n) is 4.92. The fraction of sp³-hybridized carbons (Fsp3) is 0.625. The van der Waals surface area contributed by atoms with Gasteiger partial charge in [-0.1, -0.05) is 6.07 Å². The van der Waals surface area contributed by atoms with Crippen LogP contribution in [0.3, 0.4) is 0 Å². The van der Waals surface area contributed by atoms with Gasteiger partial charge in [0.2, 0.25) is 5.56 Å². The summed E-state index contributed by atoms with van der Waals surface area (Å²) in [6.45, 7) is 5.97. The Morgan fingerprint density at radius 2 is 1.96 bits per heavy atom. The van der Waals surface area contributed by atoms with Gasteiger partial charge in [-0.25, -0.2) is 0 Å². The Balaban J connectivity index is 0.00000484. The number of hydrogen-bond donors (Lipinski definition) is 2. The number of guanidine groups is 1. The van der Waals surface area contributed by atoms with Crippen LogP contribution in [0.1, 0.15) is 26.2 Å². The summed E-state index contributed by atoms with van der Waals surface area (Å²) in [7, 11) is 1.77. The van der Waals surface area contributed by atoms with E-state index in [9.17, 15) is 4.79 Å². The van der Waals surface area contributed by atoms with Crippen LogP contribution in [0.4, 0.5) is 0 Å². The number of aromatic nitrogens is 1. The summed E-state index contributed by atoms with van der Waals surface area (Å²) in [5.74, 6) is 0.813. The van der Waals surface area contributed by atoms with E-state index >= 15 is 0 Å². The summed E-state index contributed by atoms with van der Waals surface area (Å²) < 4.78 is 7.02. The second-order valence-corrected chi connectivity index (χ2v) is 4.92. The molecule has 1 rings (SSSR count). The maximum atomic E-state index is 11.5. The van der Waals surface area contributed by atoms with Crippen LogP contribution in [0, 0.1) is 0 Å². The summed E-state index contributed by atoms with van der Waals surface area (Å²) in [6, 6.07) is 5.24. The lowest BCUT2D eigenvalue weighted by Crippen LogP contribution is -2.38. The first-order valence-electron chi connectivity index (χ1n) is 7.95. The zero-order chi connectivity index (χ0) is 16.0. The van der Waals surface area contributed by atoms with Gasteiger partial charge in [-0.15, -0.1) is 24.0 Å². The molecule has 0 aliphatic carbocycles. The highest BCUT2D eigenvalue weighted by Gasteiger charge is 1.97. The van der Waals surface area contributed by atoms with Crippen molar-refractivity contribution in [2.45, 2.75) is 32.7 Å². The highest BCUT2D eigenvalue weighted by atomic mass is 127. The van der Waals surface area contributed by atoms with Gasteiger partial charge in [0.15, 0.2) is 5.96 Å². The molecule has 0 aromatic carbocycles. The number of ether oxygens (including phenoxy) is 1. The van der Waals surface area contributed by atoms with Gasteiger partial charge < -0.3 is 19.9 Å². The van der Waals surface area contributed by atoms with E-state index in [2.05, 4.69) is 15.6 Å². The largest absolute Gasteiger partial charge is 0.382 e. The molecular formula is C16H29IN4O2. The first kappa shape index (κ1) is 21.9. The standard InChI is InChI=1S/C16H28N4O2.HI/c1-3-22-14-8-11-19-16(17-2)18-10-5-7-13-20-12-6-4-9-15(20)21;/h4,6,9,12H,3,5,7-8,10-11,13-14H2,1-2H3,(H2,17,18,19);1H. The summed E-state index contributed by atoms with van der Waals surface area (Å²) in [5, 5.41) is 6.52. The normalized spacial score (nSPS) is 11.0. The van der Waals surface area contributed by atoms with Crippen molar-refractivity contribution in [3.05, 3.63) is 34.7 Å². The van der Waals surface area contributed by atoms with Crippen LogP contribution in [0.15, 0.2) is 34.2 Å². The predicted molar refractivity (Wildman–Crippen MR) is 106 cm³/mol. The Bertz CT molecular complexity index is 491. The van der Waals surface area contributed by atoms with Crippen LogP contribution in [-0.2, 0) is 11.3 Å². The van der Waals surface area contributed by atoms with Crippen molar-refractivity contribution >= 4 is 29.9 Å². The molecule has 0 spiro atoms. The van der Waals surface area contributed by atoms with Crippen LogP contribution in [0.5, 0.6) is 0 Å². The van der Waals surface area contributed by atoms with Gasteiger partial charge in [0, 0.05) is 52.2 Å². The smallest absolute Gasteiger partial charge is 0.250 e. The molecule has 6 nitrogen and oxygen atoms in total. The van der Waals surface area contributed by atoms with E-state index in [-0.39, 0.29) is 29.5 Å². The van der Waals surface area contributed by atoms with E-state index in [4.69, 9.17) is 4.74 Å². The number of aliphatic imine (C=N–C) groups is 1. The third-order valence-corrected chi connectivity index (χ3v) is 3.20. The quantitative estimate of drug-likeness (QED) is 0.254. The summed E-state index contributed by atoms with van der Waals surface area (Å²) in [5.41, 5.74) is 0.0576. The molecule has 0 bridgehead atoms. The van der Waals surface area contributed by atoms with Crippen molar-refractivity contribution in [3.63, 3.8) is 0 Å². The van der Waals surface area contributed by atoms with E-state index in [0.29, 0.717) is 0 Å². The Kier molecular flexibility index (Phi) is 13.8. The van der Waals surface area contributed by atoms with Crippen molar-refractivity contribution < 1.29 is 4.74 Å². The molecule has 2 N–H and O–H groups in total. The molecule has 0 aliphatic heterocycles. The van der Waals surface area contributed by atoms with Crippen LogP contribution in [0.25, 0.3) is 0 Å². The lowest BCUT2D eigenvalue weighted by molar-refractivity contribution is 0.145. The minimum Gasteiger partial charge on any atom is -0.382 e. The third kappa shape index (κ3) is 10.3. The molecule has 0 amide bonds. The average Bonchev–Trinajstić information content (AvgIpc) is 2.54. The summed E-state index contributed by atoms with van der Waals surface area (Å²) >= 11 is 0. The maximum absolute atomic E-state index is 11.5. The van der Waals surface area contributed by atoms with Crippen LogP contribution in [-0.4, -0.2) is 43.9 Å². The lowest BCUT2D eigenvalue weighted by atomic mass is 10.3. The number of nitrogens with one attached hydrogen (secondary N) is 2. The van der Waals surface area contributed by atoms with Crippen LogP contribution < -0.4 is 16.2 Å². The van der Waals surface area contributed by atoms with Crippen molar-refractivity contribution in [2.24, 2.45) is 4.99 Å². The fourth-order valence-corrected chi connectivity index (χ4v) is 2.01. The van der Waals surface area contributed by atoms with Crippen molar-refractivity contribution in [1.29, 1.82) is 0 Å². The highest BCUT2D eigenvalue weighted by molar-refractivity contribution is 14.0. The number of rotatable bonds is 10. The van der Waals surface area contributed by atoms with E-state index in [0.717, 1.165) is 58.1 Å². The zero-order valence-electron chi connectivity index (χ0n) is 14.1. The maximum Gasteiger partial charge on any atom is 0.250 e. The molecule has 1 aromatic heterocycles. The molecule has 0 saturated heterocycles. The Morgan fingerprint density at radius 3 is 2.61 bits per heavy atom. The van der Waals surface area contributed by atoms with Crippen LogP contribution >= 0.6 is 24.0 Å². The Morgan fingerprint density at radius 1 is 1.22 bits per heavy atom. The van der Waals surface area contributed by atoms with Gasteiger partial charge in [0.05, 0.1) is 0 Å². The monoisotopic (exact) mass is 436 g/mol. The van der Waals surface area contributed by atoms with Crippen molar-refractivity contribution in [1.82, 2.24) is 15.2 Å². The Labute approximate surface area is 155 Å². The molecule has 1 heterocycles. The Hall–Kier alpha value is -1.09. The van der Waals surface area contributed by atoms with Gasteiger partial charge in [0.25, 0.3) is 0 Å². The van der Waals surface area contributed by atoms with E-state index in [1.807, 2.05) is 19.2 Å². The minimum atomic E-state index is 0. The highest BCUT2D eigenvalue weighted by Crippen LogP contribution is 1.92. The number of unbranched alkanes of at least 4 members (excludes halogenated alkanes) is 1. The molecule has 0 aliphatic rings. The summed E-state index contributed by atoms with van der Waals surface area (Å²) in [6.07, 6.45) is 4.74. The molecule has 0 saturated carbocycles. The number of nitrogens with zero attached hydrogens (tertiary/aromatic N) is 2. The molecular weight excluding hydrogens is 407 g/mol. The third-order valence-electron chi connectivity index (χ3n) is 3.20. The first-order valence-corrected chi connectivity index (χ1v) is 7.95. The molecule has 1 aromatic rings. The van der Waals surface area contributed by atoms with Gasteiger partial charge in [-0.2, -0.15) is 0 Å². The molecule has 7 heteroatoms. The average molecular weight is 436 g/mol. The number of hydrogen-bond acceptors (Lipinski definition) is 3. The van der Waals surface area contributed by atoms with Gasteiger partial charge in [-0.3, -0.25) is 9.79 Å². The van der Waals surface area contributed by atoms with Crippen LogP contribution in [0.2, 0.25) is 0 Å². The van der Waals surface area contributed by atoms with E-state index in [1.54, 1.807) is 23.7 Å². The molecule has 23 heavy (non-hydrogen) atoms. The lowest BCUT2D eigenvalue weighted by Gasteiger charge is -2.12. The minimum absolute atomic E-state index is 0. The van der Waals surface area contributed by atoms with Crippen molar-refractivity contribution in [3.8, 4) is 0 Å². The molecule has 132 valence electrons. The molecule has 0 atom stereocenters. The SMILES string of the molecule is CCOCCCNC(=NC)NCCCCn1ccccc1=O.I. The summed E-state index contributed by atoms with van der Waals surface area (Å²) in [4.78, 5) is 15.7. The molecule has 0 unspecified atom stereocenters. The fourth-order valence-electron chi connectivity index (χ4n) is 2.01. The topological polar surface area (TPSA) is 67.7 Å². The van der Waals surface area contributed by atoms with Gasteiger partial charge in [0.1, 0.15) is 0 Å². The molecule has 0 radical (unpaired) electrons. The van der Waals surface area contributed by atoms with E-state index < -0.39 is 0 Å². The number of pyridine rings is 1.